The number of ether oxygens (including phenoxy) is 1. The second-order valence-corrected chi connectivity index (χ2v) is 4.35. The first-order chi connectivity index (χ1) is 9.11. The van der Waals surface area contributed by atoms with E-state index in [2.05, 4.69) is 0 Å². The maximum absolute atomic E-state index is 13.6. The van der Waals surface area contributed by atoms with Crippen LogP contribution in [0, 0.1) is 11.6 Å². The number of hydrogen-bond acceptors (Lipinski definition) is 2. The Morgan fingerprint density at radius 3 is 2.58 bits per heavy atom. The second kappa shape index (κ2) is 5.99. The molecule has 0 aliphatic heterocycles. The largest absolute Gasteiger partial charge is 0.485 e. The predicted molar refractivity (Wildman–Crippen MR) is 68.1 cm³/mol. The molecule has 0 aliphatic carbocycles. The summed E-state index contributed by atoms with van der Waals surface area (Å²) in [5.41, 5.74) is 0.530. The fourth-order valence-electron chi connectivity index (χ4n) is 1.64. The third kappa shape index (κ3) is 3.22. The van der Waals surface area contributed by atoms with Crippen molar-refractivity contribution >= 4 is 11.6 Å². The Labute approximate surface area is 114 Å². The van der Waals surface area contributed by atoms with E-state index in [0.717, 1.165) is 0 Å². The molecule has 0 spiro atoms. The molecule has 2 nitrogen and oxygen atoms in total. The third-order valence-electron chi connectivity index (χ3n) is 2.60. The molecular weight excluding hydrogens is 274 g/mol. The first-order valence-corrected chi connectivity index (χ1v) is 5.94. The third-order valence-corrected chi connectivity index (χ3v) is 2.83. The van der Waals surface area contributed by atoms with Crippen LogP contribution >= 0.6 is 11.6 Å². The molecule has 0 aliphatic rings. The van der Waals surface area contributed by atoms with Crippen LogP contribution in [-0.2, 0) is 13.2 Å². The van der Waals surface area contributed by atoms with E-state index in [4.69, 9.17) is 21.4 Å². The second-order valence-electron chi connectivity index (χ2n) is 3.91. The molecule has 0 radical (unpaired) electrons. The van der Waals surface area contributed by atoms with E-state index in [1.54, 1.807) is 0 Å². The van der Waals surface area contributed by atoms with Gasteiger partial charge in [-0.2, -0.15) is 0 Å². The molecule has 0 unspecified atom stereocenters. The molecule has 0 atom stereocenters. The number of aliphatic hydroxyl groups excluding tert-OH is 1. The number of hydrogen-bond donors (Lipinski definition) is 1. The fourth-order valence-corrected chi connectivity index (χ4v) is 1.84. The van der Waals surface area contributed by atoms with E-state index >= 15 is 0 Å². The van der Waals surface area contributed by atoms with E-state index in [9.17, 15) is 8.78 Å². The van der Waals surface area contributed by atoms with Crippen molar-refractivity contribution in [3.63, 3.8) is 0 Å². The molecule has 0 fully saturated rings. The molecule has 2 rings (SSSR count). The van der Waals surface area contributed by atoms with Gasteiger partial charge in [0.15, 0.2) is 11.6 Å². The fraction of sp³-hybridized carbons (Fsp3) is 0.143. The lowest BCUT2D eigenvalue weighted by Gasteiger charge is -2.11. The minimum Gasteiger partial charge on any atom is -0.485 e. The smallest absolute Gasteiger partial charge is 0.165 e. The minimum atomic E-state index is -0.603. The van der Waals surface area contributed by atoms with Crippen molar-refractivity contribution in [2.24, 2.45) is 0 Å². The average molecular weight is 285 g/mol. The van der Waals surface area contributed by atoms with E-state index in [1.807, 2.05) is 0 Å². The number of aliphatic hydroxyl groups is 1. The van der Waals surface area contributed by atoms with Gasteiger partial charge in [0.05, 0.1) is 6.61 Å². The SMILES string of the molecule is OCc1cccc(F)c1OCc1cc(Cl)ccc1F. The van der Waals surface area contributed by atoms with Crippen LogP contribution in [0.1, 0.15) is 11.1 Å². The lowest BCUT2D eigenvalue weighted by atomic mass is 10.2. The number of para-hydroxylation sites is 1. The highest BCUT2D eigenvalue weighted by Gasteiger charge is 2.11. The van der Waals surface area contributed by atoms with Crippen LogP contribution < -0.4 is 4.74 Å². The molecule has 100 valence electrons. The summed E-state index contributed by atoms with van der Waals surface area (Å²) in [5, 5.41) is 9.47. The minimum absolute atomic E-state index is 0.0793. The first-order valence-electron chi connectivity index (χ1n) is 5.57. The molecule has 19 heavy (non-hydrogen) atoms. The zero-order chi connectivity index (χ0) is 13.8. The van der Waals surface area contributed by atoms with Gasteiger partial charge in [0.25, 0.3) is 0 Å². The molecule has 0 saturated carbocycles. The van der Waals surface area contributed by atoms with Gasteiger partial charge in [0.1, 0.15) is 12.4 Å². The number of benzene rings is 2. The van der Waals surface area contributed by atoms with E-state index in [0.29, 0.717) is 10.6 Å². The van der Waals surface area contributed by atoms with Gasteiger partial charge in [-0.15, -0.1) is 0 Å². The molecule has 2 aromatic carbocycles. The van der Waals surface area contributed by atoms with E-state index in [-0.39, 0.29) is 24.5 Å². The predicted octanol–water partition coefficient (Wildman–Crippen LogP) is 3.69. The van der Waals surface area contributed by atoms with Crippen LogP contribution in [0.15, 0.2) is 36.4 Å². The van der Waals surface area contributed by atoms with Crippen LogP contribution in [0.4, 0.5) is 8.78 Å². The lowest BCUT2D eigenvalue weighted by molar-refractivity contribution is 0.249. The Bertz CT molecular complexity index is 588. The van der Waals surface area contributed by atoms with Crippen LogP contribution in [0.3, 0.4) is 0 Å². The summed E-state index contributed by atoms with van der Waals surface area (Å²) in [6.45, 7) is -0.522. The van der Waals surface area contributed by atoms with Crippen LogP contribution in [0.25, 0.3) is 0 Å². The molecular formula is C14H11ClF2O2. The molecule has 2 aromatic rings. The quantitative estimate of drug-likeness (QED) is 0.928. The van der Waals surface area contributed by atoms with Gasteiger partial charge in [-0.25, -0.2) is 8.78 Å². The highest BCUT2D eigenvalue weighted by Crippen LogP contribution is 2.24. The standard InChI is InChI=1S/C14H11ClF2O2/c15-11-4-5-12(16)10(6-11)8-19-14-9(7-18)2-1-3-13(14)17/h1-6,18H,7-8H2. The van der Waals surface area contributed by atoms with Gasteiger partial charge in [-0.3, -0.25) is 0 Å². The molecule has 0 heterocycles. The topological polar surface area (TPSA) is 29.5 Å². The molecule has 0 saturated heterocycles. The highest BCUT2D eigenvalue weighted by atomic mass is 35.5. The average Bonchev–Trinajstić information content (AvgIpc) is 2.40. The van der Waals surface area contributed by atoms with Crippen LogP contribution in [0.2, 0.25) is 5.02 Å². The highest BCUT2D eigenvalue weighted by molar-refractivity contribution is 6.30. The van der Waals surface area contributed by atoms with Crippen LogP contribution in [0.5, 0.6) is 5.75 Å². The molecule has 0 amide bonds. The van der Waals surface area contributed by atoms with Gasteiger partial charge >= 0.3 is 0 Å². The zero-order valence-corrected chi connectivity index (χ0v) is 10.6. The maximum Gasteiger partial charge on any atom is 0.165 e. The van der Waals surface area contributed by atoms with Crippen LogP contribution in [-0.4, -0.2) is 5.11 Å². The molecule has 0 bridgehead atoms. The monoisotopic (exact) mass is 284 g/mol. The summed E-state index contributed by atoms with van der Waals surface area (Å²) < 4.78 is 32.3. The van der Waals surface area contributed by atoms with Crippen molar-refractivity contribution in [3.8, 4) is 5.75 Å². The molecule has 1 N–H and O–H groups in total. The van der Waals surface area contributed by atoms with E-state index < -0.39 is 11.6 Å². The Balaban J connectivity index is 2.21. The summed E-state index contributed by atoms with van der Waals surface area (Å²) in [5.74, 6) is -1.16. The van der Waals surface area contributed by atoms with Gasteiger partial charge in [0.2, 0.25) is 0 Å². The summed E-state index contributed by atoms with van der Waals surface area (Å²) in [6.07, 6.45) is 0. The van der Waals surface area contributed by atoms with Crippen molar-refractivity contribution < 1.29 is 18.6 Å². The van der Waals surface area contributed by atoms with Crippen molar-refractivity contribution in [3.05, 3.63) is 64.2 Å². The number of rotatable bonds is 4. The summed E-state index contributed by atoms with van der Waals surface area (Å²) in [6, 6.07) is 8.26. The van der Waals surface area contributed by atoms with Gasteiger partial charge in [-0.05, 0) is 24.3 Å². The lowest BCUT2D eigenvalue weighted by Crippen LogP contribution is -2.03. The first kappa shape index (κ1) is 13.8. The normalized spacial score (nSPS) is 10.5. The summed E-state index contributed by atoms with van der Waals surface area (Å²) in [7, 11) is 0. The molecule has 5 heteroatoms. The Morgan fingerprint density at radius 2 is 1.84 bits per heavy atom. The van der Waals surface area contributed by atoms with Crippen molar-refractivity contribution in [2.75, 3.05) is 0 Å². The summed E-state index contributed by atoms with van der Waals surface area (Å²) in [4.78, 5) is 0. The zero-order valence-electron chi connectivity index (χ0n) is 9.87. The summed E-state index contributed by atoms with van der Waals surface area (Å²) >= 11 is 5.75. The van der Waals surface area contributed by atoms with Gasteiger partial charge in [-0.1, -0.05) is 23.7 Å². The number of halogens is 3. The molecule has 0 aromatic heterocycles. The maximum atomic E-state index is 13.6. The Morgan fingerprint density at radius 1 is 1.05 bits per heavy atom. The van der Waals surface area contributed by atoms with Gasteiger partial charge in [0, 0.05) is 16.1 Å². The van der Waals surface area contributed by atoms with E-state index in [1.165, 1.54) is 36.4 Å². The Hall–Kier alpha value is -1.65. The Kier molecular flexibility index (Phi) is 4.35. The van der Waals surface area contributed by atoms with Crippen molar-refractivity contribution in [2.45, 2.75) is 13.2 Å². The van der Waals surface area contributed by atoms with Crippen molar-refractivity contribution in [1.82, 2.24) is 0 Å². The van der Waals surface area contributed by atoms with Crippen molar-refractivity contribution in [1.29, 1.82) is 0 Å². The van der Waals surface area contributed by atoms with Gasteiger partial charge < -0.3 is 9.84 Å².